The molecule has 0 atom stereocenters. The van der Waals surface area contributed by atoms with Crippen LogP contribution in [0.4, 0.5) is 17.3 Å². The lowest BCUT2D eigenvalue weighted by molar-refractivity contribution is 0.102. The van der Waals surface area contributed by atoms with Gasteiger partial charge in [-0.3, -0.25) is 9.78 Å². The highest BCUT2D eigenvalue weighted by Crippen LogP contribution is 2.24. The molecule has 0 aliphatic heterocycles. The maximum atomic E-state index is 12.8. The number of nitrogens with one attached hydrogen (secondary N) is 3. The zero-order chi connectivity index (χ0) is 23.8. The lowest BCUT2D eigenvalue weighted by Crippen LogP contribution is -2.16. The van der Waals surface area contributed by atoms with E-state index in [1.165, 1.54) is 5.56 Å². The summed E-state index contributed by atoms with van der Waals surface area (Å²) in [7, 11) is 0. The molecular formula is C27H28N6O. The number of carbonyl (C=O) groups is 1. The molecule has 3 N–H and O–H groups in total. The van der Waals surface area contributed by atoms with Crippen LogP contribution in [0.25, 0.3) is 11.3 Å². The summed E-state index contributed by atoms with van der Waals surface area (Å²) in [6, 6.07) is 19.1. The number of rotatable bonds is 9. The van der Waals surface area contributed by atoms with Gasteiger partial charge in [-0.25, -0.2) is 9.97 Å². The fourth-order valence-electron chi connectivity index (χ4n) is 3.48. The molecule has 172 valence electrons. The zero-order valence-electron chi connectivity index (χ0n) is 19.4. The molecule has 2 aromatic carbocycles. The number of benzene rings is 2. The Bertz CT molecular complexity index is 1240. The Morgan fingerprint density at radius 3 is 2.62 bits per heavy atom. The molecule has 0 fully saturated rings. The minimum absolute atomic E-state index is 0.150. The van der Waals surface area contributed by atoms with E-state index in [2.05, 4.69) is 37.8 Å². The van der Waals surface area contributed by atoms with Gasteiger partial charge in [0.15, 0.2) is 0 Å². The Morgan fingerprint density at radius 2 is 1.85 bits per heavy atom. The van der Waals surface area contributed by atoms with E-state index in [0.29, 0.717) is 17.2 Å². The van der Waals surface area contributed by atoms with E-state index >= 15 is 0 Å². The number of anilines is 3. The van der Waals surface area contributed by atoms with Crippen LogP contribution in [0, 0.1) is 6.92 Å². The molecule has 0 radical (unpaired) electrons. The molecule has 0 spiro atoms. The summed E-state index contributed by atoms with van der Waals surface area (Å²) in [5, 5.41) is 9.56. The molecular weight excluding hydrogens is 424 g/mol. The van der Waals surface area contributed by atoms with Crippen molar-refractivity contribution in [3.63, 3.8) is 0 Å². The number of likely N-dealkylation sites (N-methyl/N-ethyl adjacent to an activating group) is 1. The second-order valence-corrected chi connectivity index (χ2v) is 7.92. The van der Waals surface area contributed by atoms with Gasteiger partial charge < -0.3 is 16.0 Å². The van der Waals surface area contributed by atoms with Gasteiger partial charge in [0, 0.05) is 41.1 Å². The molecule has 2 aromatic heterocycles. The zero-order valence-corrected chi connectivity index (χ0v) is 19.4. The number of aromatic nitrogens is 3. The minimum atomic E-state index is -0.150. The average molecular weight is 453 g/mol. The number of carbonyl (C=O) groups excluding carboxylic acids is 1. The SMILES string of the molecule is CCNCCc1ccc(C(=O)Nc2ccc(C)c(Nc3nccc(-c4cccnc4)n3)c2)cc1. The second-order valence-electron chi connectivity index (χ2n) is 7.92. The summed E-state index contributed by atoms with van der Waals surface area (Å²) >= 11 is 0. The molecule has 0 saturated heterocycles. The normalized spacial score (nSPS) is 10.6. The smallest absolute Gasteiger partial charge is 0.255 e. The van der Waals surface area contributed by atoms with Crippen LogP contribution < -0.4 is 16.0 Å². The molecule has 1 amide bonds. The van der Waals surface area contributed by atoms with Crippen molar-refractivity contribution in [1.82, 2.24) is 20.3 Å². The summed E-state index contributed by atoms with van der Waals surface area (Å²) in [5.74, 6) is 0.323. The summed E-state index contributed by atoms with van der Waals surface area (Å²) in [5.41, 5.74) is 6.04. The molecule has 0 aliphatic rings. The van der Waals surface area contributed by atoms with Gasteiger partial charge in [0.1, 0.15) is 0 Å². The molecule has 4 aromatic rings. The third-order valence-corrected chi connectivity index (χ3v) is 5.41. The number of nitrogens with zero attached hydrogens (tertiary/aromatic N) is 3. The van der Waals surface area contributed by atoms with E-state index in [4.69, 9.17) is 0 Å². The Kier molecular flexibility index (Phi) is 7.57. The third kappa shape index (κ3) is 6.02. The third-order valence-electron chi connectivity index (χ3n) is 5.41. The lowest BCUT2D eigenvalue weighted by atomic mass is 10.1. The van der Waals surface area contributed by atoms with E-state index in [1.54, 1.807) is 18.6 Å². The first-order valence-corrected chi connectivity index (χ1v) is 11.3. The van der Waals surface area contributed by atoms with E-state index < -0.39 is 0 Å². The number of aryl methyl sites for hydroxylation is 1. The van der Waals surface area contributed by atoms with E-state index in [9.17, 15) is 4.79 Å². The van der Waals surface area contributed by atoms with Crippen molar-refractivity contribution in [3.8, 4) is 11.3 Å². The first kappa shape index (κ1) is 23.1. The van der Waals surface area contributed by atoms with Gasteiger partial charge in [-0.1, -0.05) is 25.1 Å². The minimum Gasteiger partial charge on any atom is -0.324 e. The fraction of sp³-hybridized carbons (Fsp3) is 0.185. The van der Waals surface area contributed by atoms with Gasteiger partial charge in [0.05, 0.1) is 5.69 Å². The molecule has 0 bridgehead atoms. The maximum absolute atomic E-state index is 12.8. The van der Waals surface area contributed by atoms with Crippen LogP contribution in [0.2, 0.25) is 0 Å². The Balaban J connectivity index is 1.45. The van der Waals surface area contributed by atoms with E-state index in [-0.39, 0.29) is 5.91 Å². The molecule has 0 unspecified atom stereocenters. The molecule has 0 aliphatic carbocycles. The van der Waals surface area contributed by atoms with Crippen LogP contribution in [-0.4, -0.2) is 33.9 Å². The molecule has 34 heavy (non-hydrogen) atoms. The molecule has 0 saturated carbocycles. The van der Waals surface area contributed by atoms with Gasteiger partial charge >= 0.3 is 0 Å². The summed E-state index contributed by atoms with van der Waals surface area (Å²) in [4.78, 5) is 25.9. The van der Waals surface area contributed by atoms with Crippen LogP contribution in [0.5, 0.6) is 0 Å². The monoisotopic (exact) mass is 452 g/mol. The second kappa shape index (κ2) is 11.2. The van der Waals surface area contributed by atoms with Crippen molar-refractivity contribution >= 4 is 23.2 Å². The molecule has 7 nitrogen and oxygen atoms in total. The number of pyridine rings is 1. The van der Waals surface area contributed by atoms with Crippen molar-refractivity contribution in [2.45, 2.75) is 20.3 Å². The van der Waals surface area contributed by atoms with Crippen LogP contribution in [0.15, 0.2) is 79.3 Å². The van der Waals surface area contributed by atoms with Crippen molar-refractivity contribution in [2.75, 3.05) is 23.7 Å². The summed E-state index contributed by atoms with van der Waals surface area (Å²) < 4.78 is 0. The Labute approximate surface area is 199 Å². The highest BCUT2D eigenvalue weighted by molar-refractivity contribution is 6.04. The van der Waals surface area contributed by atoms with Gasteiger partial charge in [0.2, 0.25) is 5.95 Å². The highest BCUT2D eigenvalue weighted by atomic mass is 16.1. The van der Waals surface area contributed by atoms with Crippen LogP contribution >= 0.6 is 0 Å². The molecule has 2 heterocycles. The fourth-order valence-corrected chi connectivity index (χ4v) is 3.48. The highest BCUT2D eigenvalue weighted by Gasteiger charge is 2.09. The number of hydrogen-bond acceptors (Lipinski definition) is 6. The summed E-state index contributed by atoms with van der Waals surface area (Å²) in [6.07, 6.45) is 6.14. The van der Waals surface area contributed by atoms with Gasteiger partial charge in [-0.2, -0.15) is 0 Å². The van der Waals surface area contributed by atoms with Crippen molar-refractivity contribution in [2.24, 2.45) is 0 Å². The predicted molar refractivity (Wildman–Crippen MR) is 136 cm³/mol. The largest absolute Gasteiger partial charge is 0.324 e. The Morgan fingerprint density at radius 1 is 1.00 bits per heavy atom. The number of amides is 1. The van der Waals surface area contributed by atoms with Gasteiger partial charge in [-0.15, -0.1) is 0 Å². The predicted octanol–water partition coefficient (Wildman–Crippen LogP) is 4.99. The van der Waals surface area contributed by atoms with Crippen molar-refractivity contribution < 1.29 is 4.79 Å². The van der Waals surface area contributed by atoms with Crippen LogP contribution in [0.3, 0.4) is 0 Å². The van der Waals surface area contributed by atoms with Gasteiger partial charge in [-0.05, 0) is 80.0 Å². The molecule has 4 rings (SSSR count). The van der Waals surface area contributed by atoms with Crippen molar-refractivity contribution in [1.29, 1.82) is 0 Å². The van der Waals surface area contributed by atoms with Gasteiger partial charge in [0.25, 0.3) is 5.91 Å². The summed E-state index contributed by atoms with van der Waals surface area (Å²) in [6.45, 7) is 5.96. The standard InChI is InChI=1S/C27H28N6O/c1-3-28-15-12-20-7-9-21(10-8-20)26(34)31-23-11-6-19(2)25(17-23)33-27-30-16-13-24(32-27)22-5-4-14-29-18-22/h4-11,13-14,16-18,28H,3,12,15H2,1-2H3,(H,31,34)(H,30,32,33). The quantitative estimate of drug-likeness (QED) is 0.310. The van der Waals surface area contributed by atoms with Crippen LogP contribution in [0.1, 0.15) is 28.4 Å². The number of hydrogen-bond donors (Lipinski definition) is 3. The maximum Gasteiger partial charge on any atom is 0.255 e. The topological polar surface area (TPSA) is 91.8 Å². The van der Waals surface area contributed by atoms with E-state index in [1.807, 2.05) is 67.6 Å². The first-order valence-electron chi connectivity index (χ1n) is 11.3. The van der Waals surface area contributed by atoms with E-state index in [0.717, 1.165) is 42.0 Å². The average Bonchev–Trinajstić information content (AvgIpc) is 2.87. The van der Waals surface area contributed by atoms with Crippen LogP contribution in [-0.2, 0) is 6.42 Å². The first-order chi connectivity index (χ1) is 16.6. The van der Waals surface area contributed by atoms with Crippen molar-refractivity contribution in [3.05, 3.63) is 95.9 Å². The lowest BCUT2D eigenvalue weighted by Gasteiger charge is -2.12. The molecule has 7 heteroatoms. The Hall–Kier alpha value is -4.10.